The van der Waals surface area contributed by atoms with Crippen molar-refractivity contribution in [2.24, 2.45) is 0 Å². The molecule has 3 rings (SSSR count). The topological polar surface area (TPSA) is 55.3 Å². The summed E-state index contributed by atoms with van der Waals surface area (Å²) in [6.45, 7) is 8.67. The number of nitrogens with one attached hydrogen (secondary N) is 2. The fourth-order valence-corrected chi connectivity index (χ4v) is 3.43. The maximum Gasteiger partial charge on any atom is 0.319 e. The first-order valence-corrected chi connectivity index (χ1v) is 9.33. The molecule has 0 aliphatic rings. The van der Waals surface area contributed by atoms with E-state index in [1.165, 1.54) is 5.56 Å². The fourth-order valence-electron chi connectivity index (χ4n) is 3.43. The highest BCUT2D eigenvalue weighted by atomic mass is 16.5. The van der Waals surface area contributed by atoms with E-state index in [-0.39, 0.29) is 6.03 Å². The number of carbonyl (C=O) groups is 1. The lowest BCUT2D eigenvalue weighted by Crippen LogP contribution is -2.28. The van der Waals surface area contributed by atoms with E-state index in [2.05, 4.69) is 66.3 Å². The van der Waals surface area contributed by atoms with Crippen molar-refractivity contribution in [2.45, 2.75) is 34.2 Å². The van der Waals surface area contributed by atoms with Crippen LogP contribution >= 0.6 is 0 Å². The van der Waals surface area contributed by atoms with E-state index in [9.17, 15) is 4.79 Å². The summed E-state index contributed by atoms with van der Waals surface area (Å²) in [7, 11) is 1.59. The minimum atomic E-state index is -0.260. The summed E-state index contributed by atoms with van der Waals surface area (Å²) in [5, 5.41) is 5.81. The van der Waals surface area contributed by atoms with Crippen LogP contribution in [-0.2, 0) is 6.54 Å². The van der Waals surface area contributed by atoms with Crippen LogP contribution < -0.4 is 15.4 Å². The van der Waals surface area contributed by atoms with Crippen LogP contribution in [0.5, 0.6) is 5.75 Å². The zero-order valence-corrected chi connectivity index (χ0v) is 17.1. The van der Waals surface area contributed by atoms with E-state index >= 15 is 0 Å². The first-order valence-electron chi connectivity index (χ1n) is 9.33. The van der Waals surface area contributed by atoms with Crippen molar-refractivity contribution in [1.82, 2.24) is 9.88 Å². The Kier molecular flexibility index (Phi) is 5.73. The number of ether oxygens (including phenoxy) is 1. The molecule has 0 radical (unpaired) electrons. The molecule has 2 N–H and O–H groups in total. The number of aryl methyl sites for hydroxylation is 3. The third-order valence-corrected chi connectivity index (χ3v) is 4.84. The molecule has 146 valence electrons. The number of methoxy groups -OCH3 is 1. The molecule has 2 aromatic carbocycles. The van der Waals surface area contributed by atoms with Crippen LogP contribution in [0.1, 0.15) is 28.1 Å². The monoisotopic (exact) mass is 377 g/mol. The lowest BCUT2D eigenvalue weighted by molar-refractivity contribution is 0.251. The molecule has 0 aliphatic heterocycles. The standard InChI is InChI=1S/C23H27N3O2/c1-15-7-6-8-20(11-15)26-17(3)13-19(18(26)4)14-24-23(27)25-21-12-16(2)9-10-22(21)28-5/h6-13H,14H2,1-5H3,(H2,24,25,27). The summed E-state index contributed by atoms with van der Waals surface area (Å²) in [5.74, 6) is 0.637. The minimum Gasteiger partial charge on any atom is -0.495 e. The number of carbonyl (C=O) groups excluding carboxylic acids is 1. The van der Waals surface area contributed by atoms with Gasteiger partial charge in [-0.1, -0.05) is 18.2 Å². The maximum absolute atomic E-state index is 12.4. The lowest BCUT2D eigenvalue weighted by atomic mass is 10.2. The Morgan fingerprint density at radius 2 is 1.75 bits per heavy atom. The van der Waals surface area contributed by atoms with Gasteiger partial charge in [0.15, 0.2) is 0 Å². The van der Waals surface area contributed by atoms with E-state index in [1.54, 1.807) is 7.11 Å². The first kappa shape index (κ1) is 19.5. The predicted octanol–water partition coefficient (Wildman–Crippen LogP) is 5.04. The van der Waals surface area contributed by atoms with Gasteiger partial charge in [0.2, 0.25) is 0 Å². The number of nitrogens with zero attached hydrogens (tertiary/aromatic N) is 1. The van der Waals surface area contributed by atoms with E-state index in [0.29, 0.717) is 18.0 Å². The summed E-state index contributed by atoms with van der Waals surface area (Å²) < 4.78 is 7.53. The second-order valence-corrected chi connectivity index (χ2v) is 7.08. The van der Waals surface area contributed by atoms with Crippen LogP contribution in [0.3, 0.4) is 0 Å². The quantitative estimate of drug-likeness (QED) is 0.654. The van der Waals surface area contributed by atoms with Crippen molar-refractivity contribution >= 4 is 11.7 Å². The fraction of sp³-hybridized carbons (Fsp3) is 0.261. The molecule has 2 amide bonds. The molecular formula is C23H27N3O2. The lowest BCUT2D eigenvalue weighted by Gasteiger charge is -2.13. The zero-order chi connectivity index (χ0) is 20.3. The Morgan fingerprint density at radius 1 is 1.00 bits per heavy atom. The molecule has 28 heavy (non-hydrogen) atoms. The number of benzene rings is 2. The van der Waals surface area contributed by atoms with Gasteiger partial charge in [-0.2, -0.15) is 0 Å². The van der Waals surface area contributed by atoms with Gasteiger partial charge < -0.3 is 19.9 Å². The SMILES string of the molecule is COc1ccc(C)cc1NC(=O)NCc1cc(C)n(-c2cccc(C)c2)c1C. The molecule has 0 saturated carbocycles. The Bertz CT molecular complexity index is 1010. The number of anilines is 1. The van der Waals surface area contributed by atoms with Crippen molar-refractivity contribution < 1.29 is 9.53 Å². The number of hydrogen-bond donors (Lipinski definition) is 2. The van der Waals surface area contributed by atoms with E-state index in [1.807, 2.05) is 25.1 Å². The average Bonchev–Trinajstić information content (AvgIpc) is 2.93. The molecule has 0 bridgehead atoms. The van der Waals surface area contributed by atoms with Gasteiger partial charge in [0.05, 0.1) is 12.8 Å². The van der Waals surface area contributed by atoms with Gasteiger partial charge in [-0.25, -0.2) is 4.79 Å². The van der Waals surface area contributed by atoms with Crippen molar-refractivity contribution in [3.05, 3.63) is 76.6 Å². The molecule has 5 nitrogen and oxygen atoms in total. The normalized spacial score (nSPS) is 10.6. The summed E-state index contributed by atoms with van der Waals surface area (Å²) in [5.41, 5.74) is 7.41. The van der Waals surface area contributed by atoms with Crippen LogP contribution in [-0.4, -0.2) is 17.7 Å². The zero-order valence-electron chi connectivity index (χ0n) is 17.1. The Balaban J connectivity index is 1.72. The highest BCUT2D eigenvalue weighted by Crippen LogP contribution is 2.25. The molecule has 0 saturated heterocycles. The van der Waals surface area contributed by atoms with E-state index in [4.69, 9.17) is 4.74 Å². The second kappa shape index (κ2) is 8.21. The summed E-state index contributed by atoms with van der Waals surface area (Å²) >= 11 is 0. The largest absolute Gasteiger partial charge is 0.495 e. The van der Waals surface area contributed by atoms with E-state index < -0.39 is 0 Å². The number of rotatable bonds is 5. The van der Waals surface area contributed by atoms with Crippen LogP contribution in [0, 0.1) is 27.7 Å². The summed E-state index contributed by atoms with van der Waals surface area (Å²) in [6, 6.07) is 15.9. The first-order chi connectivity index (χ1) is 13.4. The van der Waals surface area contributed by atoms with Crippen molar-refractivity contribution in [1.29, 1.82) is 0 Å². The highest BCUT2D eigenvalue weighted by Gasteiger charge is 2.13. The minimum absolute atomic E-state index is 0.260. The van der Waals surface area contributed by atoms with Gasteiger partial charge in [0.25, 0.3) is 0 Å². The molecule has 1 aromatic heterocycles. The Morgan fingerprint density at radius 3 is 2.46 bits per heavy atom. The molecule has 0 fully saturated rings. The number of aromatic nitrogens is 1. The smallest absolute Gasteiger partial charge is 0.319 e. The molecule has 0 spiro atoms. The molecule has 3 aromatic rings. The van der Waals surface area contributed by atoms with Gasteiger partial charge in [-0.15, -0.1) is 0 Å². The highest BCUT2D eigenvalue weighted by molar-refractivity contribution is 5.91. The van der Waals surface area contributed by atoms with Gasteiger partial charge in [0.1, 0.15) is 5.75 Å². The van der Waals surface area contributed by atoms with Crippen LogP contribution in [0.4, 0.5) is 10.5 Å². The molecule has 1 heterocycles. The van der Waals surface area contributed by atoms with Gasteiger partial charge in [-0.05, 0) is 74.7 Å². The average molecular weight is 377 g/mol. The van der Waals surface area contributed by atoms with Crippen molar-refractivity contribution in [2.75, 3.05) is 12.4 Å². The third kappa shape index (κ3) is 4.19. The number of urea groups is 1. The van der Waals surface area contributed by atoms with Crippen molar-refractivity contribution in [3.8, 4) is 11.4 Å². The van der Waals surface area contributed by atoms with Gasteiger partial charge in [0, 0.05) is 23.6 Å². The Hall–Kier alpha value is -3.21. The van der Waals surface area contributed by atoms with Gasteiger partial charge in [-0.3, -0.25) is 0 Å². The molecule has 5 heteroatoms. The third-order valence-electron chi connectivity index (χ3n) is 4.84. The van der Waals surface area contributed by atoms with Crippen LogP contribution in [0.25, 0.3) is 5.69 Å². The molecular weight excluding hydrogens is 350 g/mol. The van der Waals surface area contributed by atoms with Crippen LogP contribution in [0.2, 0.25) is 0 Å². The summed E-state index contributed by atoms with van der Waals surface area (Å²) in [6.07, 6.45) is 0. The molecule has 0 atom stereocenters. The van der Waals surface area contributed by atoms with E-state index in [0.717, 1.165) is 28.2 Å². The second-order valence-electron chi connectivity index (χ2n) is 7.08. The maximum atomic E-state index is 12.4. The number of amides is 2. The number of hydrogen-bond acceptors (Lipinski definition) is 2. The molecule has 0 unspecified atom stereocenters. The predicted molar refractivity (Wildman–Crippen MR) is 114 cm³/mol. The Labute approximate surface area is 166 Å². The van der Waals surface area contributed by atoms with Gasteiger partial charge >= 0.3 is 6.03 Å². The van der Waals surface area contributed by atoms with Crippen LogP contribution in [0.15, 0.2) is 48.5 Å². The van der Waals surface area contributed by atoms with Crippen molar-refractivity contribution in [3.63, 3.8) is 0 Å². The summed E-state index contributed by atoms with van der Waals surface area (Å²) in [4.78, 5) is 12.4. The molecule has 0 aliphatic carbocycles.